The Morgan fingerprint density at radius 3 is 3.08 bits per heavy atom. The highest BCUT2D eigenvalue weighted by atomic mass is 19.1. The van der Waals surface area contributed by atoms with Gasteiger partial charge in [-0.05, 0) is 24.3 Å². The molecule has 0 saturated carbocycles. The van der Waals surface area contributed by atoms with Crippen molar-refractivity contribution in [3.05, 3.63) is 36.4 Å². The first-order chi connectivity index (χ1) is 5.79. The number of rotatable bonds is 1. The summed E-state index contributed by atoms with van der Waals surface area (Å²) in [6.07, 6.45) is 1.60. The second-order valence-electron chi connectivity index (χ2n) is 2.49. The first kappa shape index (κ1) is 7.03. The predicted molar refractivity (Wildman–Crippen MR) is 46.1 cm³/mol. The molecule has 0 unspecified atom stereocenters. The molecule has 12 heavy (non-hydrogen) atoms. The van der Waals surface area contributed by atoms with Gasteiger partial charge in [0.25, 0.3) is 0 Å². The number of benzene rings is 1. The van der Waals surface area contributed by atoms with Crippen molar-refractivity contribution in [3.63, 3.8) is 0 Å². The number of hydrogen-bond donors (Lipinski definition) is 1. The maximum absolute atomic E-state index is 12.7. The van der Waals surface area contributed by atoms with E-state index in [1.807, 2.05) is 0 Å². The second kappa shape index (κ2) is 2.44. The van der Waals surface area contributed by atoms with E-state index in [0.717, 1.165) is 5.52 Å². The molecule has 0 bridgehead atoms. The van der Waals surface area contributed by atoms with Crippen LogP contribution in [0.4, 0.5) is 4.39 Å². The number of imidazole rings is 1. The van der Waals surface area contributed by atoms with Gasteiger partial charge in [0.2, 0.25) is 0 Å². The molecule has 1 aromatic carbocycles. The molecule has 0 radical (unpaired) electrons. The summed E-state index contributed by atoms with van der Waals surface area (Å²) in [7, 11) is 0. The van der Waals surface area contributed by atoms with E-state index >= 15 is 0 Å². The van der Waals surface area contributed by atoms with E-state index in [0.29, 0.717) is 11.3 Å². The number of fused-ring (bicyclic) bond motifs is 1. The van der Waals surface area contributed by atoms with E-state index in [2.05, 4.69) is 16.5 Å². The molecule has 0 aliphatic heterocycles. The van der Waals surface area contributed by atoms with Crippen molar-refractivity contribution in [2.45, 2.75) is 0 Å². The smallest absolute Gasteiger partial charge is 0.130 e. The highest BCUT2D eigenvalue weighted by Gasteiger charge is 1.99. The third-order valence-corrected chi connectivity index (χ3v) is 1.66. The minimum Gasteiger partial charge on any atom is -0.338 e. The van der Waals surface area contributed by atoms with E-state index in [9.17, 15) is 4.39 Å². The first-order valence-corrected chi connectivity index (χ1v) is 3.57. The normalized spacial score (nSPS) is 10.4. The van der Waals surface area contributed by atoms with Crippen LogP contribution in [0.25, 0.3) is 17.1 Å². The molecule has 1 heterocycles. The lowest BCUT2D eigenvalue weighted by Crippen LogP contribution is -1.72. The molecule has 0 amide bonds. The van der Waals surface area contributed by atoms with E-state index in [-0.39, 0.29) is 5.82 Å². The number of H-pyrrole nitrogens is 1. The van der Waals surface area contributed by atoms with E-state index < -0.39 is 0 Å². The van der Waals surface area contributed by atoms with Crippen molar-refractivity contribution in [2.75, 3.05) is 0 Å². The molecule has 60 valence electrons. The van der Waals surface area contributed by atoms with E-state index in [1.54, 1.807) is 12.1 Å². The summed E-state index contributed by atoms with van der Waals surface area (Å²) in [6.45, 7) is 3.56. The molecule has 2 aromatic rings. The first-order valence-electron chi connectivity index (χ1n) is 3.57. The van der Waals surface area contributed by atoms with Crippen molar-refractivity contribution in [1.82, 2.24) is 9.97 Å². The van der Waals surface area contributed by atoms with Gasteiger partial charge in [0.05, 0.1) is 11.0 Å². The molecule has 3 heteroatoms. The summed E-state index contributed by atoms with van der Waals surface area (Å²) in [6, 6.07) is 4.43. The summed E-state index contributed by atoms with van der Waals surface area (Å²) < 4.78 is 12.7. The molecular weight excluding hydrogens is 155 g/mol. The maximum Gasteiger partial charge on any atom is 0.130 e. The fraction of sp³-hybridized carbons (Fsp3) is 0. The van der Waals surface area contributed by atoms with Crippen molar-refractivity contribution < 1.29 is 4.39 Å². The van der Waals surface area contributed by atoms with Crippen LogP contribution >= 0.6 is 0 Å². The molecule has 1 N–H and O–H groups in total. The number of aromatic amines is 1. The lowest BCUT2D eigenvalue weighted by Gasteiger charge is -1.86. The number of nitrogens with zero attached hydrogens (tertiary/aromatic N) is 1. The lowest BCUT2D eigenvalue weighted by molar-refractivity contribution is 0.629. The number of aromatic nitrogens is 2. The number of hydrogen-bond acceptors (Lipinski definition) is 1. The fourth-order valence-electron chi connectivity index (χ4n) is 1.10. The molecule has 2 nitrogen and oxygen atoms in total. The fourth-order valence-corrected chi connectivity index (χ4v) is 1.10. The van der Waals surface area contributed by atoms with Crippen molar-refractivity contribution in [3.8, 4) is 0 Å². The zero-order chi connectivity index (χ0) is 8.55. The summed E-state index contributed by atoms with van der Waals surface area (Å²) in [4.78, 5) is 7.05. The minimum atomic E-state index is -0.262. The Bertz CT molecular complexity index is 431. The highest BCUT2D eigenvalue weighted by molar-refractivity contribution is 5.76. The van der Waals surface area contributed by atoms with Gasteiger partial charge in [-0.25, -0.2) is 9.37 Å². The Hall–Kier alpha value is -1.64. The van der Waals surface area contributed by atoms with Gasteiger partial charge in [0, 0.05) is 0 Å². The summed E-state index contributed by atoms with van der Waals surface area (Å²) in [5.74, 6) is 0.400. The van der Waals surface area contributed by atoms with Gasteiger partial charge < -0.3 is 4.98 Å². The Morgan fingerprint density at radius 1 is 1.50 bits per heavy atom. The van der Waals surface area contributed by atoms with Gasteiger partial charge in [-0.1, -0.05) is 6.58 Å². The topological polar surface area (TPSA) is 28.7 Å². The van der Waals surface area contributed by atoms with Crippen LogP contribution in [0.15, 0.2) is 24.8 Å². The van der Waals surface area contributed by atoms with Gasteiger partial charge in [-0.3, -0.25) is 0 Å². The van der Waals surface area contributed by atoms with Gasteiger partial charge in [0.15, 0.2) is 0 Å². The SMILES string of the molecule is C=Cc1nc2ccc(F)cc2[nH]1. The minimum absolute atomic E-state index is 0.262. The Kier molecular flexibility index (Phi) is 1.43. The average molecular weight is 162 g/mol. The second-order valence-corrected chi connectivity index (χ2v) is 2.49. The van der Waals surface area contributed by atoms with Crippen LogP contribution in [-0.4, -0.2) is 9.97 Å². The Balaban J connectivity index is 2.75. The molecular formula is C9H7FN2. The van der Waals surface area contributed by atoms with Crippen LogP contribution in [-0.2, 0) is 0 Å². The van der Waals surface area contributed by atoms with Crippen LogP contribution < -0.4 is 0 Å². The number of halogens is 1. The predicted octanol–water partition coefficient (Wildman–Crippen LogP) is 2.34. The van der Waals surface area contributed by atoms with Crippen LogP contribution in [0.3, 0.4) is 0 Å². The van der Waals surface area contributed by atoms with Crippen molar-refractivity contribution in [2.24, 2.45) is 0 Å². The zero-order valence-electron chi connectivity index (χ0n) is 6.34. The zero-order valence-corrected chi connectivity index (χ0v) is 6.34. The average Bonchev–Trinajstić information content (AvgIpc) is 2.46. The molecule has 0 atom stereocenters. The Morgan fingerprint density at radius 2 is 2.33 bits per heavy atom. The molecule has 1 aromatic heterocycles. The van der Waals surface area contributed by atoms with Crippen LogP contribution in [0.1, 0.15) is 5.82 Å². The molecule has 0 saturated heterocycles. The van der Waals surface area contributed by atoms with E-state index in [1.165, 1.54) is 12.1 Å². The lowest BCUT2D eigenvalue weighted by atomic mass is 10.3. The van der Waals surface area contributed by atoms with Gasteiger partial charge in [0.1, 0.15) is 11.6 Å². The quantitative estimate of drug-likeness (QED) is 0.685. The van der Waals surface area contributed by atoms with Crippen LogP contribution in [0, 0.1) is 5.82 Å². The highest BCUT2D eigenvalue weighted by Crippen LogP contribution is 2.12. The molecule has 0 aliphatic rings. The van der Waals surface area contributed by atoms with Crippen molar-refractivity contribution >= 4 is 17.1 Å². The van der Waals surface area contributed by atoms with Gasteiger partial charge in [-0.2, -0.15) is 0 Å². The molecule has 0 aliphatic carbocycles. The largest absolute Gasteiger partial charge is 0.338 e. The van der Waals surface area contributed by atoms with E-state index in [4.69, 9.17) is 0 Å². The Labute approximate surface area is 68.7 Å². The summed E-state index contributed by atoms with van der Waals surface area (Å²) in [5, 5.41) is 0. The van der Waals surface area contributed by atoms with Crippen molar-refractivity contribution in [1.29, 1.82) is 0 Å². The van der Waals surface area contributed by atoms with Crippen LogP contribution in [0.5, 0.6) is 0 Å². The monoisotopic (exact) mass is 162 g/mol. The summed E-state index contributed by atoms with van der Waals surface area (Å²) in [5.41, 5.74) is 1.45. The standard InChI is InChI=1S/C9H7FN2/c1-2-9-11-7-4-3-6(10)5-8(7)12-9/h2-5H,1H2,(H,11,12). The third-order valence-electron chi connectivity index (χ3n) is 1.66. The molecule has 2 rings (SSSR count). The van der Waals surface area contributed by atoms with Gasteiger partial charge in [-0.15, -0.1) is 0 Å². The molecule has 0 fully saturated rings. The summed E-state index contributed by atoms with van der Waals surface area (Å²) >= 11 is 0. The third kappa shape index (κ3) is 0.993. The molecule has 0 spiro atoms. The number of nitrogens with one attached hydrogen (secondary N) is 1. The van der Waals surface area contributed by atoms with Crippen LogP contribution in [0.2, 0.25) is 0 Å². The van der Waals surface area contributed by atoms with Gasteiger partial charge >= 0.3 is 0 Å². The maximum atomic E-state index is 12.7.